The van der Waals surface area contributed by atoms with Crippen molar-refractivity contribution >= 4 is 11.7 Å². The van der Waals surface area contributed by atoms with E-state index in [1.54, 1.807) is 26.2 Å². The van der Waals surface area contributed by atoms with E-state index in [2.05, 4.69) is 25.7 Å². The molecule has 10 nitrogen and oxygen atoms in total. The predicted molar refractivity (Wildman–Crippen MR) is 111 cm³/mol. The highest BCUT2D eigenvalue weighted by molar-refractivity contribution is 6.01. The average molecular weight is 411 g/mol. The lowest BCUT2D eigenvalue weighted by atomic mass is 10.1. The van der Waals surface area contributed by atoms with Gasteiger partial charge in [0.1, 0.15) is 17.2 Å². The van der Waals surface area contributed by atoms with Gasteiger partial charge in [0.2, 0.25) is 5.95 Å². The Bertz CT molecular complexity index is 1140. The van der Waals surface area contributed by atoms with Crippen molar-refractivity contribution in [3.63, 3.8) is 0 Å². The number of nitrogens with one attached hydrogen (secondary N) is 2. The highest BCUT2D eigenvalue weighted by Crippen LogP contribution is 2.28. The summed E-state index contributed by atoms with van der Waals surface area (Å²) in [6.07, 6.45) is 0.257. The van der Waals surface area contributed by atoms with E-state index in [-0.39, 0.29) is 29.6 Å². The Hall–Kier alpha value is -4.08. The van der Waals surface area contributed by atoms with Gasteiger partial charge in [-0.3, -0.25) is 9.78 Å². The first kappa shape index (κ1) is 20.6. The van der Waals surface area contributed by atoms with Crippen LogP contribution in [0.25, 0.3) is 0 Å². The minimum Gasteiger partial charge on any atom is -0.508 e. The minimum absolute atomic E-state index is 0.0497. The van der Waals surface area contributed by atoms with E-state index in [0.29, 0.717) is 22.8 Å². The molecule has 0 saturated carbocycles. The molecule has 0 unspecified atom stereocenters. The second kappa shape index (κ2) is 8.95. The van der Waals surface area contributed by atoms with Crippen LogP contribution in [-0.4, -0.2) is 45.3 Å². The van der Waals surface area contributed by atoms with E-state index < -0.39 is 5.56 Å². The van der Waals surface area contributed by atoms with Crippen molar-refractivity contribution in [1.29, 1.82) is 0 Å². The molecule has 3 rings (SSSR count). The third-order valence-corrected chi connectivity index (χ3v) is 4.28. The van der Waals surface area contributed by atoms with Crippen molar-refractivity contribution in [3.8, 4) is 23.0 Å². The Kier molecular flexibility index (Phi) is 6.16. The molecule has 10 heteroatoms. The SMILES string of the molecule is COc1ccc(Cc2nnc(NN=C(C)c3ccc(O)cc3O)[nH]c2=O)cc1OC. The number of hydrogen-bond acceptors (Lipinski definition) is 9. The van der Waals surface area contributed by atoms with Gasteiger partial charge >= 0.3 is 0 Å². The van der Waals surface area contributed by atoms with Crippen molar-refractivity contribution in [2.45, 2.75) is 13.3 Å². The summed E-state index contributed by atoms with van der Waals surface area (Å²) in [5.74, 6) is 1.02. The predicted octanol–water partition coefficient (Wildman–Crippen LogP) is 2.02. The number of nitrogens with zero attached hydrogens (tertiary/aromatic N) is 3. The first-order valence-electron chi connectivity index (χ1n) is 8.90. The van der Waals surface area contributed by atoms with Crippen LogP contribution >= 0.6 is 0 Å². The maximum Gasteiger partial charge on any atom is 0.274 e. The standard InChI is InChI=1S/C20H21N5O5/c1-11(14-6-5-13(26)10-16(14)27)22-24-20-21-19(28)15(23-25-20)8-12-4-7-17(29-2)18(9-12)30-3/h4-7,9-10,26-27H,8H2,1-3H3,(H2,21,24,25,28). The van der Waals surface area contributed by atoms with Gasteiger partial charge in [0.25, 0.3) is 5.56 Å². The first-order valence-corrected chi connectivity index (χ1v) is 8.90. The van der Waals surface area contributed by atoms with E-state index in [4.69, 9.17) is 9.47 Å². The van der Waals surface area contributed by atoms with Gasteiger partial charge in [-0.15, -0.1) is 10.2 Å². The van der Waals surface area contributed by atoms with Gasteiger partial charge in [-0.05, 0) is 36.8 Å². The van der Waals surface area contributed by atoms with E-state index in [0.717, 1.165) is 5.56 Å². The zero-order valence-corrected chi connectivity index (χ0v) is 16.6. The molecule has 0 amide bonds. The van der Waals surface area contributed by atoms with E-state index >= 15 is 0 Å². The molecule has 1 aromatic heterocycles. The summed E-state index contributed by atoms with van der Waals surface area (Å²) >= 11 is 0. The van der Waals surface area contributed by atoms with E-state index in [1.165, 1.54) is 25.3 Å². The van der Waals surface area contributed by atoms with Crippen LogP contribution in [0.15, 0.2) is 46.3 Å². The summed E-state index contributed by atoms with van der Waals surface area (Å²) in [5.41, 5.74) is 4.06. The number of ether oxygens (including phenoxy) is 2. The second-order valence-corrected chi connectivity index (χ2v) is 6.33. The number of hydrogen-bond donors (Lipinski definition) is 4. The fourth-order valence-corrected chi connectivity index (χ4v) is 2.73. The van der Waals surface area contributed by atoms with Gasteiger partial charge in [0, 0.05) is 18.1 Å². The molecule has 0 aliphatic rings. The molecule has 0 saturated heterocycles. The molecule has 1 heterocycles. The van der Waals surface area contributed by atoms with Crippen LogP contribution in [0.5, 0.6) is 23.0 Å². The lowest BCUT2D eigenvalue weighted by Gasteiger charge is -2.09. The van der Waals surface area contributed by atoms with E-state index in [1.807, 2.05) is 6.07 Å². The highest BCUT2D eigenvalue weighted by atomic mass is 16.5. The number of aromatic hydroxyl groups is 2. The van der Waals surface area contributed by atoms with Crippen LogP contribution < -0.4 is 20.5 Å². The third-order valence-electron chi connectivity index (χ3n) is 4.28. The minimum atomic E-state index is -0.414. The van der Waals surface area contributed by atoms with Crippen LogP contribution in [0.4, 0.5) is 5.95 Å². The average Bonchev–Trinajstić information content (AvgIpc) is 2.73. The van der Waals surface area contributed by atoms with Crippen molar-refractivity contribution in [3.05, 3.63) is 63.6 Å². The molecular weight excluding hydrogens is 390 g/mol. The van der Waals surface area contributed by atoms with Gasteiger partial charge in [-0.2, -0.15) is 5.10 Å². The number of phenolic OH excluding ortho intramolecular Hbond substituents is 2. The number of aromatic amines is 1. The molecule has 0 fully saturated rings. The van der Waals surface area contributed by atoms with Crippen LogP contribution in [0, 0.1) is 0 Å². The zero-order chi connectivity index (χ0) is 21.7. The summed E-state index contributed by atoms with van der Waals surface area (Å²) in [6.45, 7) is 1.65. The molecule has 0 spiro atoms. The summed E-state index contributed by atoms with van der Waals surface area (Å²) in [7, 11) is 3.09. The molecule has 156 valence electrons. The smallest absolute Gasteiger partial charge is 0.274 e. The Labute approximate surface area is 171 Å². The Morgan fingerprint density at radius 3 is 2.53 bits per heavy atom. The fourth-order valence-electron chi connectivity index (χ4n) is 2.73. The van der Waals surface area contributed by atoms with Gasteiger partial charge in [-0.1, -0.05) is 6.07 Å². The first-order chi connectivity index (χ1) is 14.4. The van der Waals surface area contributed by atoms with Crippen molar-refractivity contribution in [2.24, 2.45) is 5.10 Å². The summed E-state index contributed by atoms with van der Waals surface area (Å²) in [5, 5.41) is 31.2. The number of rotatable bonds is 7. The number of hydrazone groups is 1. The number of benzene rings is 2. The molecule has 3 aromatic rings. The van der Waals surface area contributed by atoms with Crippen LogP contribution in [-0.2, 0) is 6.42 Å². The van der Waals surface area contributed by atoms with Crippen LogP contribution in [0.3, 0.4) is 0 Å². The Morgan fingerprint density at radius 1 is 1.10 bits per heavy atom. The van der Waals surface area contributed by atoms with E-state index in [9.17, 15) is 15.0 Å². The highest BCUT2D eigenvalue weighted by Gasteiger charge is 2.10. The molecule has 0 aliphatic heterocycles. The topological polar surface area (TPSA) is 142 Å². The normalized spacial score (nSPS) is 11.2. The van der Waals surface area contributed by atoms with Crippen LogP contribution in [0.2, 0.25) is 0 Å². The Morgan fingerprint density at radius 2 is 1.87 bits per heavy atom. The van der Waals surface area contributed by atoms with Gasteiger partial charge in [0.05, 0.1) is 19.9 Å². The van der Waals surface area contributed by atoms with Gasteiger partial charge in [0.15, 0.2) is 11.5 Å². The molecular formula is C20H21N5O5. The van der Waals surface area contributed by atoms with Crippen molar-refractivity contribution in [2.75, 3.05) is 19.6 Å². The largest absolute Gasteiger partial charge is 0.508 e. The maximum atomic E-state index is 12.4. The molecule has 0 aliphatic carbocycles. The molecule has 0 bridgehead atoms. The fraction of sp³-hybridized carbons (Fsp3) is 0.200. The summed E-state index contributed by atoms with van der Waals surface area (Å²) in [4.78, 5) is 14.9. The molecule has 2 aromatic carbocycles. The van der Waals surface area contributed by atoms with Crippen molar-refractivity contribution < 1.29 is 19.7 Å². The monoisotopic (exact) mass is 411 g/mol. The number of H-pyrrole nitrogens is 1. The number of phenols is 2. The van der Waals surface area contributed by atoms with Gasteiger partial charge < -0.3 is 19.7 Å². The Balaban J connectivity index is 1.74. The molecule has 30 heavy (non-hydrogen) atoms. The number of methoxy groups -OCH3 is 2. The zero-order valence-electron chi connectivity index (χ0n) is 16.6. The number of aromatic nitrogens is 3. The molecule has 0 radical (unpaired) electrons. The summed E-state index contributed by atoms with van der Waals surface area (Å²) in [6, 6.07) is 9.49. The molecule has 4 N–H and O–H groups in total. The number of anilines is 1. The van der Waals surface area contributed by atoms with Crippen molar-refractivity contribution in [1.82, 2.24) is 15.2 Å². The lowest BCUT2D eigenvalue weighted by molar-refractivity contribution is 0.354. The maximum absolute atomic E-state index is 12.4. The van der Waals surface area contributed by atoms with Crippen LogP contribution in [0.1, 0.15) is 23.7 Å². The summed E-state index contributed by atoms with van der Waals surface area (Å²) < 4.78 is 10.5. The third kappa shape index (κ3) is 4.66. The lowest BCUT2D eigenvalue weighted by Crippen LogP contribution is -2.19. The van der Waals surface area contributed by atoms with Gasteiger partial charge in [-0.25, -0.2) is 5.43 Å². The quantitative estimate of drug-likeness (QED) is 0.342. The second-order valence-electron chi connectivity index (χ2n) is 6.33. The molecule has 0 atom stereocenters.